The first-order valence-electron chi connectivity index (χ1n) is 19.3. The van der Waals surface area contributed by atoms with Crippen molar-refractivity contribution in [3.8, 4) is 45.3 Å². The first kappa shape index (κ1) is 39.1. The van der Waals surface area contributed by atoms with E-state index in [9.17, 15) is 19.2 Å². The molecule has 0 N–H and O–H groups in total. The zero-order chi connectivity index (χ0) is 41.4. The van der Waals surface area contributed by atoms with Crippen molar-refractivity contribution in [3.05, 3.63) is 196 Å². The second-order valence-electron chi connectivity index (χ2n) is 13.9. The van der Waals surface area contributed by atoms with E-state index in [1.54, 1.807) is 79.4 Å². The molecule has 0 fully saturated rings. The Morgan fingerprint density at radius 2 is 0.933 bits per heavy atom. The SMILES string of the molecule is CCCC(C[CH]Oc1ccc(-c2ccc(C(=O)Oc3ccc4oc(=O)ccc4c3)cc2)cc1)Oc1ccc(-c2ccc(C(=O)Oc3ccc4oc(=O)ccc4c3)cc2)cc1. The zero-order valence-electron chi connectivity index (χ0n) is 32.4. The minimum atomic E-state index is -0.497. The van der Waals surface area contributed by atoms with Gasteiger partial charge >= 0.3 is 23.2 Å². The Labute approximate surface area is 344 Å². The van der Waals surface area contributed by atoms with Crippen molar-refractivity contribution in [2.45, 2.75) is 32.3 Å². The van der Waals surface area contributed by atoms with Crippen LogP contribution in [-0.4, -0.2) is 18.0 Å². The van der Waals surface area contributed by atoms with Gasteiger partial charge in [0, 0.05) is 29.3 Å². The van der Waals surface area contributed by atoms with Crippen molar-refractivity contribution in [3.63, 3.8) is 0 Å². The molecule has 0 saturated carbocycles. The number of esters is 2. The fraction of sp³-hybridized carbons (Fsp3) is 0.100. The lowest BCUT2D eigenvalue weighted by Gasteiger charge is -2.19. The number of hydrogen-bond donors (Lipinski definition) is 0. The van der Waals surface area contributed by atoms with Gasteiger partial charge in [-0.25, -0.2) is 19.2 Å². The minimum absolute atomic E-state index is 0.0828. The van der Waals surface area contributed by atoms with Gasteiger partial charge in [0.05, 0.1) is 11.1 Å². The zero-order valence-corrected chi connectivity index (χ0v) is 32.4. The lowest BCUT2D eigenvalue weighted by atomic mass is 10.0. The van der Waals surface area contributed by atoms with Crippen molar-refractivity contribution >= 4 is 33.9 Å². The van der Waals surface area contributed by atoms with E-state index in [-0.39, 0.29) is 6.10 Å². The van der Waals surface area contributed by atoms with Crippen LogP contribution in [0, 0.1) is 6.61 Å². The first-order chi connectivity index (χ1) is 29.3. The number of benzene rings is 6. The van der Waals surface area contributed by atoms with Crippen molar-refractivity contribution < 1.29 is 37.4 Å². The molecule has 297 valence electrons. The van der Waals surface area contributed by atoms with E-state index in [0.717, 1.165) is 40.8 Å². The fourth-order valence-corrected chi connectivity index (χ4v) is 6.60. The van der Waals surface area contributed by atoms with Gasteiger partial charge in [0.25, 0.3) is 0 Å². The standard InChI is InChI=1S/C50H37O10/c1-2-3-41(56-42-20-14-35(15-21-42)33-6-10-37(11-7-33)50(54)58-44-23-25-46-39(31-44)17-27-48(52)60-46)28-29-55-40-18-12-34(13-19-40)32-4-8-36(9-5-32)49(53)57-43-22-24-45-38(30-43)16-26-47(51)59-45/h4-27,29-31,41H,2-3,28H2,1H3. The number of hydrogen-bond acceptors (Lipinski definition) is 10. The molecule has 0 aliphatic heterocycles. The smallest absolute Gasteiger partial charge is 0.343 e. The van der Waals surface area contributed by atoms with Gasteiger partial charge in [-0.15, -0.1) is 0 Å². The van der Waals surface area contributed by atoms with E-state index < -0.39 is 23.2 Å². The number of carbonyl (C=O) groups excluding carboxylic acids is 2. The molecule has 0 bridgehead atoms. The molecule has 0 amide bonds. The Morgan fingerprint density at radius 3 is 1.38 bits per heavy atom. The molecule has 10 nitrogen and oxygen atoms in total. The lowest BCUT2D eigenvalue weighted by Crippen LogP contribution is -2.17. The summed E-state index contributed by atoms with van der Waals surface area (Å²) in [5, 5.41) is 1.31. The molecular formula is C50H37O10. The van der Waals surface area contributed by atoms with Gasteiger partial charge in [0.2, 0.25) is 0 Å². The highest BCUT2D eigenvalue weighted by atomic mass is 16.5. The molecule has 8 rings (SSSR count). The van der Waals surface area contributed by atoms with Gasteiger partial charge in [0.1, 0.15) is 46.9 Å². The summed E-state index contributed by atoms with van der Waals surface area (Å²) >= 11 is 0. The van der Waals surface area contributed by atoms with Crippen LogP contribution >= 0.6 is 0 Å². The predicted molar refractivity (Wildman–Crippen MR) is 228 cm³/mol. The molecular weight excluding hydrogens is 761 g/mol. The van der Waals surface area contributed by atoms with Gasteiger partial charge in [0.15, 0.2) is 0 Å². The monoisotopic (exact) mass is 797 g/mol. The van der Waals surface area contributed by atoms with Crippen LogP contribution in [0.4, 0.5) is 0 Å². The van der Waals surface area contributed by atoms with Crippen LogP contribution in [0.1, 0.15) is 46.9 Å². The predicted octanol–water partition coefficient (Wildman–Crippen LogP) is 10.9. The van der Waals surface area contributed by atoms with Crippen LogP contribution in [0.15, 0.2) is 176 Å². The van der Waals surface area contributed by atoms with Gasteiger partial charge in [-0.05, 0) is 126 Å². The maximum Gasteiger partial charge on any atom is 0.343 e. The molecule has 2 aromatic heterocycles. The Morgan fingerprint density at radius 1 is 0.517 bits per heavy atom. The second kappa shape index (κ2) is 17.8. The molecule has 0 aliphatic carbocycles. The van der Waals surface area contributed by atoms with E-state index >= 15 is 0 Å². The molecule has 0 spiro atoms. The van der Waals surface area contributed by atoms with Crippen molar-refractivity contribution in [2.75, 3.05) is 0 Å². The Kier molecular flexibility index (Phi) is 11.6. The number of ether oxygens (including phenoxy) is 4. The van der Waals surface area contributed by atoms with Crippen molar-refractivity contribution in [2.24, 2.45) is 0 Å². The quantitative estimate of drug-likeness (QED) is 0.0595. The number of rotatable bonds is 14. The molecule has 8 aromatic rings. The normalized spacial score (nSPS) is 11.6. The summed E-state index contributed by atoms with van der Waals surface area (Å²) in [6, 6.07) is 45.4. The van der Waals surface area contributed by atoms with Crippen molar-refractivity contribution in [1.29, 1.82) is 0 Å². The van der Waals surface area contributed by atoms with Gasteiger partial charge in [-0.2, -0.15) is 0 Å². The average molecular weight is 798 g/mol. The molecule has 0 saturated heterocycles. The highest BCUT2D eigenvalue weighted by molar-refractivity contribution is 5.93. The largest absolute Gasteiger partial charge is 0.490 e. The summed E-state index contributed by atoms with van der Waals surface area (Å²) < 4.78 is 33.7. The molecule has 10 heteroatoms. The lowest BCUT2D eigenvalue weighted by molar-refractivity contribution is 0.0725. The van der Waals surface area contributed by atoms with Gasteiger partial charge in [-0.3, -0.25) is 0 Å². The van der Waals surface area contributed by atoms with Crippen LogP contribution in [0.5, 0.6) is 23.0 Å². The van der Waals surface area contributed by atoms with E-state index in [1.807, 2.05) is 72.8 Å². The van der Waals surface area contributed by atoms with E-state index in [4.69, 9.17) is 27.8 Å². The summed E-state index contributed by atoms with van der Waals surface area (Å²) in [7, 11) is 0. The van der Waals surface area contributed by atoms with E-state index in [2.05, 4.69) is 6.92 Å². The van der Waals surface area contributed by atoms with E-state index in [1.165, 1.54) is 12.1 Å². The minimum Gasteiger partial charge on any atom is -0.490 e. The van der Waals surface area contributed by atoms with Crippen LogP contribution in [-0.2, 0) is 0 Å². The average Bonchev–Trinajstić information content (AvgIpc) is 3.27. The molecule has 1 atom stereocenters. The summed E-state index contributed by atoms with van der Waals surface area (Å²) in [6.07, 6.45) is 2.29. The highest BCUT2D eigenvalue weighted by Gasteiger charge is 2.14. The van der Waals surface area contributed by atoms with Gasteiger partial charge < -0.3 is 27.8 Å². The molecule has 0 aliphatic rings. The maximum absolute atomic E-state index is 12.8. The Bertz CT molecular complexity index is 2890. The van der Waals surface area contributed by atoms with Crippen LogP contribution < -0.4 is 30.2 Å². The molecule has 60 heavy (non-hydrogen) atoms. The summed E-state index contributed by atoms with van der Waals surface area (Å²) in [5.41, 5.74) is 4.55. The Balaban J connectivity index is 0.804. The van der Waals surface area contributed by atoms with Crippen LogP contribution in [0.3, 0.4) is 0 Å². The third-order valence-corrected chi connectivity index (χ3v) is 9.71. The maximum atomic E-state index is 12.8. The third kappa shape index (κ3) is 9.52. The Hall–Kier alpha value is -7.72. The summed E-state index contributed by atoms with van der Waals surface area (Å²) in [4.78, 5) is 48.5. The summed E-state index contributed by atoms with van der Waals surface area (Å²) in [5.74, 6) is 1.15. The fourth-order valence-electron chi connectivity index (χ4n) is 6.60. The van der Waals surface area contributed by atoms with Crippen molar-refractivity contribution in [1.82, 2.24) is 0 Å². The molecule has 2 heterocycles. The van der Waals surface area contributed by atoms with Crippen LogP contribution in [0.25, 0.3) is 44.2 Å². The van der Waals surface area contributed by atoms with E-state index in [0.29, 0.717) is 56.7 Å². The number of fused-ring (bicyclic) bond motifs is 2. The highest BCUT2D eigenvalue weighted by Crippen LogP contribution is 2.28. The first-order valence-corrected chi connectivity index (χ1v) is 19.3. The second-order valence-corrected chi connectivity index (χ2v) is 13.9. The topological polar surface area (TPSA) is 131 Å². The molecule has 6 aromatic carbocycles. The number of carbonyl (C=O) groups is 2. The third-order valence-electron chi connectivity index (χ3n) is 9.71. The summed E-state index contributed by atoms with van der Waals surface area (Å²) in [6.45, 7) is 3.88. The van der Waals surface area contributed by atoms with Gasteiger partial charge in [-0.1, -0.05) is 61.9 Å². The molecule has 1 radical (unpaired) electrons. The van der Waals surface area contributed by atoms with Crippen LogP contribution in [0.2, 0.25) is 0 Å². The molecule has 1 unspecified atom stereocenters.